The second-order valence-electron chi connectivity index (χ2n) is 16.1. The maximum absolute atomic E-state index is 12.5. The molecule has 65 heavy (non-hydrogen) atoms. The Labute approximate surface area is 381 Å². The van der Waals surface area contributed by atoms with Crippen LogP contribution < -0.4 is 43.4 Å². The number of nitrogens with one attached hydrogen (secondary N) is 7. The lowest BCUT2D eigenvalue weighted by Crippen LogP contribution is -2.56. The predicted octanol–water partition coefficient (Wildman–Crippen LogP) is 4.98. The normalized spacial score (nSPS) is 12.4. The zero-order chi connectivity index (χ0) is 49.6. The molecule has 0 heterocycles. The van der Waals surface area contributed by atoms with Gasteiger partial charge in [-0.2, -0.15) is 0 Å². The maximum Gasteiger partial charge on any atom is 0.408 e. The number of aliphatic carboxylic acids is 1. The van der Waals surface area contributed by atoms with Gasteiger partial charge in [-0.1, -0.05) is 101 Å². The van der Waals surface area contributed by atoms with E-state index in [0.717, 1.165) is 11.1 Å². The van der Waals surface area contributed by atoms with Gasteiger partial charge in [-0.3, -0.25) is 30.7 Å². The molecule has 2 aromatic rings. The third kappa shape index (κ3) is 28.6. The van der Waals surface area contributed by atoms with Crippen LogP contribution in [0, 0.1) is 0 Å². The monoisotopic (exact) mass is 919 g/mol. The highest BCUT2D eigenvalue weighted by Gasteiger charge is 2.26. The highest BCUT2D eigenvalue weighted by Crippen LogP contribution is 2.09. The molecule has 0 aliphatic rings. The van der Waals surface area contributed by atoms with Crippen molar-refractivity contribution < 1.29 is 62.4 Å². The van der Waals surface area contributed by atoms with Gasteiger partial charge < -0.3 is 45.3 Å². The summed E-state index contributed by atoms with van der Waals surface area (Å²) in [5.41, 5.74) is 6.91. The summed E-state index contributed by atoms with van der Waals surface area (Å²) < 4.78 is 20.2. The molecule has 0 unspecified atom stereocenters. The SMILES string of the molecule is CCC[C@H](NC(=O)OCc1ccccc1)C(=O)NNC(=O)[C@H](CC)NC(=O)OC(C)(C)C.CCC[C@H](NC(=O)OCc1ccccc1)C(=O)O.CC[C@H](NC(=O)OC(C)(C)C)C(=O)NN. The Morgan fingerprint density at radius 2 is 0.862 bits per heavy atom. The number of carbonyl (C=O) groups is 8. The molecule has 21 heteroatoms. The second-order valence-corrected chi connectivity index (χ2v) is 16.1. The molecule has 0 saturated heterocycles. The minimum absolute atomic E-state index is 0.0678. The van der Waals surface area contributed by atoms with Crippen LogP contribution in [0.15, 0.2) is 60.7 Å². The molecule has 0 spiro atoms. The van der Waals surface area contributed by atoms with Crippen LogP contribution in [0.5, 0.6) is 0 Å². The van der Waals surface area contributed by atoms with Gasteiger partial charge in [0.25, 0.3) is 17.7 Å². The quantitative estimate of drug-likeness (QED) is 0.0413. The van der Waals surface area contributed by atoms with E-state index >= 15 is 0 Å². The van der Waals surface area contributed by atoms with E-state index in [1.165, 1.54) is 0 Å². The van der Waals surface area contributed by atoms with Crippen molar-refractivity contribution in [2.24, 2.45) is 5.84 Å². The third-order valence-corrected chi connectivity index (χ3v) is 8.06. The molecule has 0 aromatic heterocycles. The Morgan fingerprint density at radius 1 is 0.523 bits per heavy atom. The molecule has 0 bridgehead atoms. The van der Waals surface area contributed by atoms with Crippen LogP contribution >= 0.6 is 0 Å². The summed E-state index contributed by atoms with van der Waals surface area (Å²) >= 11 is 0. The van der Waals surface area contributed by atoms with Gasteiger partial charge in [0.15, 0.2) is 0 Å². The Morgan fingerprint density at radius 3 is 1.20 bits per heavy atom. The van der Waals surface area contributed by atoms with Crippen molar-refractivity contribution in [3.8, 4) is 0 Å². The lowest BCUT2D eigenvalue weighted by molar-refractivity contribution is -0.139. The second kappa shape index (κ2) is 31.2. The van der Waals surface area contributed by atoms with Crippen LogP contribution in [0.3, 0.4) is 0 Å². The van der Waals surface area contributed by atoms with Crippen molar-refractivity contribution in [3.63, 3.8) is 0 Å². The minimum atomic E-state index is -1.05. The van der Waals surface area contributed by atoms with Gasteiger partial charge in [-0.05, 0) is 78.4 Å². The lowest BCUT2D eigenvalue weighted by Gasteiger charge is -2.23. The molecule has 21 nitrogen and oxygen atoms in total. The van der Waals surface area contributed by atoms with Crippen molar-refractivity contribution in [3.05, 3.63) is 71.8 Å². The van der Waals surface area contributed by atoms with Crippen molar-refractivity contribution in [2.45, 2.75) is 156 Å². The van der Waals surface area contributed by atoms with Crippen LogP contribution in [-0.4, -0.2) is 88.5 Å². The number of carboxylic acid groups (broad SMARTS) is 1. The number of ether oxygens (including phenoxy) is 4. The minimum Gasteiger partial charge on any atom is -0.480 e. The van der Waals surface area contributed by atoms with E-state index in [0.29, 0.717) is 32.1 Å². The van der Waals surface area contributed by atoms with E-state index in [-0.39, 0.29) is 19.6 Å². The summed E-state index contributed by atoms with van der Waals surface area (Å²) in [4.78, 5) is 93.4. The summed E-state index contributed by atoms with van der Waals surface area (Å²) in [5.74, 6) is 2.25. The highest BCUT2D eigenvalue weighted by atomic mass is 16.6. The van der Waals surface area contributed by atoms with Gasteiger partial charge in [-0.25, -0.2) is 29.8 Å². The first-order valence-corrected chi connectivity index (χ1v) is 21.2. The van der Waals surface area contributed by atoms with Gasteiger partial charge in [0, 0.05) is 0 Å². The number of carboxylic acids is 1. The topological polar surface area (TPSA) is 304 Å². The predicted molar refractivity (Wildman–Crippen MR) is 240 cm³/mol. The van der Waals surface area contributed by atoms with E-state index in [4.69, 9.17) is 29.9 Å². The van der Waals surface area contributed by atoms with Crippen molar-refractivity contribution in [1.82, 2.24) is 37.5 Å². The van der Waals surface area contributed by atoms with Crippen LogP contribution in [0.4, 0.5) is 19.2 Å². The van der Waals surface area contributed by atoms with Crippen molar-refractivity contribution in [2.75, 3.05) is 0 Å². The summed E-state index contributed by atoms with van der Waals surface area (Å²) in [6, 6.07) is 15.0. The molecule has 0 radical (unpaired) electrons. The lowest BCUT2D eigenvalue weighted by atomic mass is 10.1. The Bertz CT molecular complexity index is 1770. The third-order valence-electron chi connectivity index (χ3n) is 8.06. The molecule has 0 fully saturated rings. The molecule has 2 aromatic carbocycles. The van der Waals surface area contributed by atoms with Gasteiger partial charge >= 0.3 is 30.3 Å². The Balaban J connectivity index is 0.00000104. The van der Waals surface area contributed by atoms with Gasteiger partial charge in [0.2, 0.25) is 0 Å². The van der Waals surface area contributed by atoms with Crippen LogP contribution in [0.2, 0.25) is 0 Å². The first-order valence-electron chi connectivity index (χ1n) is 21.2. The number of nitrogens with two attached hydrogens (primary N) is 1. The Kier molecular flexibility index (Phi) is 28.1. The fourth-order valence-corrected chi connectivity index (χ4v) is 4.92. The van der Waals surface area contributed by atoms with E-state index in [1.807, 2.05) is 79.9 Å². The largest absolute Gasteiger partial charge is 0.480 e. The standard InChI is InChI=1S/C22H34N4O6.C13H17NO4.C9H19N3O3/c1-6-11-17(24-20(29)31-14-15-12-9-8-10-13-15)19(28)26-25-18(27)16(7-2)23-21(30)32-22(3,4)5;1-2-6-11(12(15)16)14-13(17)18-9-10-7-4-3-5-8-10;1-5-6(7(13)12-10)11-8(14)15-9(2,3)4/h8-10,12-13,16-17H,6-7,11,14H2,1-5H3,(H,23,30)(H,24,29)(H,25,27)(H,26,28);3-5,7-8,11H,2,6,9H2,1H3,(H,14,17)(H,15,16);6H,5,10H2,1-4H3,(H,11,14)(H,12,13)/t16-,17-;11-;6-/m000/s1. The number of rotatable bonds is 18. The van der Waals surface area contributed by atoms with Crippen molar-refractivity contribution >= 4 is 48.1 Å². The average molecular weight is 919 g/mol. The maximum atomic E-state index is 12.5. The molecular formula is C44H70N8O13. The molecular weight excluding hydrogens is 849 g/mol. The number of amides is 7. The summed E-state index contributed by atoms with van der Waals surface area (Å²) in [7, 11) is 0. The summed E-state index contributed by atoms with van der Waals surface area (Å²) in [5, 5.41) is 18.6. The molecule has 2 rings (SSSR count). The van der Waals surface area contributed by atoms with E-state index in [9.17, 15) is 38.4 Å². The fraction of sp³-hybridized carbons (Fsp3) is 0.545. The first-order chi connectivity index (χ1) is 30.5. The molecule has 0 aliphatic heterocycles. The highest BCUT2D eigenvalue weighted by molar-refractivity contribution is 5.90. The van der Waals surface area contributed by atoms with Crippen LogP contribution in [-0.2, 0) is 51.3 Å². The number of hydrogen-bond donors (Lipinski definition) is 9. The summed E-state index contributed by atoms with van der Waals surface area (Å²) in [6.45, 7) is 17.7. The molecule has 4 atom stereocenters. The number of hydrogen-bond acceptors (Lipinski definition) is 13. The average Bonchev–Trinajstić information content (AvgIpc) is 3.24. The van der Waals surface area contributed by atoms with Gasteiger partial charge in [-0.15, -0.1) is 0 Å². The number of hydrazine groups is 2. The smallest absolute Gasteiger partial charge is 0.408 e. The van der Waals surface area contributed by atoms with Gasteiger partial charge in [0.05, 0.1) is 0 Å². The van der Waals surface area contributed by atoms with Crippen LogP contribution in [0.25, 0.3) is 0 Å². The molecule has 0 saturated carbocycles. The van der Waals surface area contributed by atoms with Crippen molar-refractivity contribution in [1.29, 1.82) is 0 Å². The number of carbonyl (C=O) groups excluding carboxylic acids is 7. The van der Waals surface area contributed by atoms with E-state index in [1.54, 1.807) is 55.4 Å². The molecule has 364 valence electrons. The zero-order valence-corrected chi connectivity index (χ0v) is 39.2. The molecule has 0 aliphatic carbocycles. The molecule has 7 amide bonds. The summed E-state index contributed by atoms with van der Waals surface area (Å²) in [6.07, 6.45) is -0.0719. The zero-order valence-electron chi connectivity index (χ0n) is 39.2. The Hall–Kier alpha value is -6.64. The first kappa shape index (κ1) is 58.4. The molecule has 10 N–H and O–H groups in total. The number of alkyl carbamates (subject to hydrolysis) is 4. The van der Waals surface area contributed by atoms with Crippen LogP contribution in [0.1, 0.15) is 119 Å². The fourth-order valence-electron chi connectivity index (χ4n) is 4.92. The van der Waals surface area contributed by atoms with Gasteiger partial charge in [0.1, 0.15) is 48.6 Å². The van der Waals surface area contributed by atoms with E-state index < -0.39 is 83.4 Å². The van der Waals surface area contributed by atoms with E-state index in [2.05, 4.69) is 32.1 Å². The number of benzene rings is 2.